The molecule has 1 aromatic carbocycles. The van der Waals surface area contributed by atoms with Crippen LogP contribution in [0.1, 0.15) is 31.7 Å². The molecule has 4 nitrogen and oxygen atoms in total. The first kappa shape index (κ1) is 12.5. The lowest BCUT2D eigenvalue weighted by Gasteiger charge is -2.46. The van der Waals surface area contributed by atoms with Crippen LogP contribution < -0.4 is 10.1 Å². The molecular weight excluding hydrogens is 266 g/mol. The van der Waals surface area contributed by atoms with Crippen LogP contribution in [0.25, 0.3) is 0 Å². The Labute approximate surface area is 116 Å². The monoisotopic (exact) mass is 279 g/mol. The number of rotatable bonds is 1. The van der Waals surface area contributed by atoms with Crippen molar-refractivity contribution < 1.29 is 14.3 Å². The highest BCUT2D eigenvalue weighted by Gasteiger charge is 2.50. The summed E-state index contributed by atoms with van der Waals surface area (Å²) < 4.78 is 5.84. The number of piperidine rings is 1. The van der Waals surface area contributed by atoms with Crippen LogP contribution in [0, 0.1) is 5.92 Å². The summed E-state index contributed by atoms with van der Waals surface area (Å²) in [7, 11) is 0. The third-order valence-corrected chi connectivity index (χ3v) is 4.06. The molecule has 2 aliphatic heterocycles. The Morgan fingerprint density at radius 1 is 1.53 bits per heavy atom. The molecule has 0 aliphatic carbocycles. The Bertz CT molecular complexity index is 586. The third kappa shape index (κ3) is 1.91. The van der Waals surface area contributed by atoms with E-state index in [2.05, 4.69) is 5.32 Å². The number of carbonyl (C=O) groups excluding carboxylic acids is 2. The Morgan fingerprint density at radius 3 is 2.95 bits per heavy atom. The molecule has 1 N–H and O–H groups in total. The van der Waals surface area contributed by atoms with Crippen molar-refractivity contribution in [2.75, 3.05) is 0 Å². The zero-order valence-electron chi connectivity index (χ0n) is 10.7. The van der Waals surface area contributed by atoms with Gasteiger partial charge in [-0.3, -0.25) is 9.59 Å². The summed E-state index contributed by atoms with van der Waals surface area (Å²) in [5.74, 6) is -0.531. The summed E-state index contributed by atoms with van der Waals surface area (Å²) in [5, 5.41) is 3.38. The fraction of sp³-hybridized carbons (Fsp3) is 0.429. The van der Waals surface area contributed by atoms with Crippen LogP contribution in [0.3, 0.4) is 0 Å². The number of benzene rings is 1. The number of ketones is 1. The van der Waals surface area contributed by atoms with Crippen LogP contribution in [-0.4, -0.2) is 17.4 Å². The minimum Gasteiger partial charge on any atom is -0.468 e. The fourth-order valence-electron chi connectivity index (χ4n) is 3.08. The molecule has 1 fully saturated rings. The van der Waals surface area contributed by atoms with E-state index < -0.39 is 11.6 Å². The van der Waals surface area contributed by atoms with Gasteiger partial charge in [-0.2, -0.15) is 0 Å². The summed E-state index contributed by atoms with van der Waals surface area (Å²) in [6.45, 7) is 3.28. The van der Waals surface area contributed by atoms with Gasteiger partial charge in [0, 0.05) is 22.9 Å². The predicted molar refractivity (Wildman–Crippen MR) is 70.2 cm³/mol. The fourth-order valence-corrected chi connectivity index (χ4v) is 3.26. The minimum absolute atomic E-state index is 0.127. The van der Waals surface area contributed by atoms with Crippen molar-refractivity contribution >= 4 is 23.3 Å². The van der Waals surface area contributed by atoms with E-state index >= 15 is 0 Å². The summed E-state index contributed by atoms with van der Waals surface area (Å²) >= 11 is 6.01. The minimum atomic E-state index is -0.742. The van der Waals surface area contributed by atoms with E-state index in [0.29, 0.717) is 17.2 Å². The van der Waals surface area contributed by atoms with Crippen LogP contribution in [0.2, 0.25) is 5.02 Å². The van der Waals surface area contributed by atoms with Gasteiger partial charge in [0.1, 0.15) is 17.5 Å². The molecule has 1 saturated heterocycles. The maximum atomic E-state index is 12.1. The molecule has 2 bridgehead atoms. The van der Waals surface area contributed by atoms with E-state index in [0.717, 1.165) is 5.56 Å². The Hall–Kier alpha value is -1.55. The number of nitrogens with one attached hydrogen (secondary N) is 1. The van der Waals surface area contributed by atoms with Gasteiger partial charge in [-0.15, -0.1) is 0 Å². The van der Waals surface area contributed by atoms with Crippen molar-refractivity contribution in [3.63, 3.8) is 0 Å². The second-order valence-corrected chi connectivity index (χ2v) is 5.84. The van der Waals surface area contributed by atoms with E-state index in [9.17, 15) is 9.59 Å². The molecule has 5 heteroatoms. The molecule has 100 valence electrons. The number of carbonyl (C=O) groups is 2. The van der Waals surface area contributed by atoms with E-state index in [1.54, 1.807) is 18.2 Å². The first-order chi connectivity index (χ1) is 8.89. The first-order valence-electron chi connectivity index (χ1n) is 6.20. The zero-order chi connectivity index (χ0) is 13.8. The maximum Gasteiger partial charge on any atom is 0.234 e. The summed E-state index contributed by atoms with van der Waals surface area (Å²) in [6.07, 6.45) is 0.580. The molecule has 3 rings (SSSR count). The Kier molecular flexibility index (Phi) is 2.61. The van der Waals surface area contributed by atoms with Crippen molar-refractivity contribution in [2.45, 2.75) is 31.9 Å². The molecule has 1 amide bonds. The van der Waals surface area contributed by atoms with Gasteiger partial charge in [0.2, 0.25) is 5.91 Å². The van der Waals surface area contributed by atoms with Gasteiger partial charge >= 0.3 is 0 Å². The van der Waals surface area contributed by atoms with Crippen LogP contribution >= 0.6 is 11.6 Å². The highest BCUT2D eigenvalue weighted by Crippen LogP contribution is 2.47. The maximum absolute atomic E-state index is 12.1. The smallest absolute Gasteiger partial charge is 0.234 e. The molecule has 19 heavy (non-hydrogen) atoms. The topological polar surface area (TPSA) is 55.4 Å². The van der Waals surface area contributed by atoms with Crippen molar-refractivity contribution in [2.24, 2.45) is 5.92 Å². The van der Waals surface area contributed by atoms with Gasteiger partial charge in [-0.05, 0) is 32.0 Å². The quantitative estimate of drug-likeness (QED) is 0.802. The molecule has 0 spiro atoms. The number of ether oxygens (including phenoxy) is 1. The summed E-state index contributed by atoms with van der Waals surface area (Å²) in [6, 6.07) is 5.32. The van der Waals surface area contributed by atoms with Gasteiger partial charge in [-0.25, -0.2) is 0 Å². The third-order valence-electron chi connectivity index (χ3n) is 3.83. The molecule has 0 saturated carbocycles. The SMILES string of the molecule is CC(=O)C1C(=O)N[C@]2(C)C[C@H]1c1cc(Cl)ccc1O2. The average Bonchev–Trinajstić information content (AvgIpc) is 2.28. The number of fused-ring (bicyclic) bond motifs is 4. The van der Waals surface area contributed by atoms with E-state index in [4.69, 9.17) is 16.3 Å². The molecular formula is C14H14ClNO3. The van der Waals surface area contributed by atoms with Gasteiger partial charge in [0.15, 0.2) is 5.72 Å². The molecule has 0 aromatic heterocycles. The van der Waals surface area contributed by atoms with Gasteiger partial charge in [-0.1, -0.05) is 11.6 Å². The predicted octanol–water partition coefficient (Wildman–Crippen LogP) is 2.26. The summed E-state index contributed by atoms with van der Waals surface area (Å²) in [5.41, 5.74) is 0.106. The molecule has 1 unspecified atom stereocenters. The normalized spacial score (nSPS) is 32.1. The van der Waals surface area contributed by atoms with Crippen LogP contribution in [0.4, 0.5) is 0 Å². The van der Waals surface area contributed by atoms with Crippen LogP contribution in [0.5, 0.6) is 5.75 Å². The van der Waals surface area contributed by atoms with E-state index in [1.165, 1.54) is 6.92 Å². The zero-order valence-corrected chi connectivity index (χ0v) is 11.5. The van der Waals surface area contributed by atoms with Gasteiger partial charge in [0.05, 0.1) is 0 Å². The van der Waals surface area contributed by atoms with Crippen molar-refractivity contribution in [1.29, 1.82) is 0 Å². The lowest BCUT2D eigenvalue weighted by atomic mass is 9.73. The molecule has 1 aromatic rings. The average molecular weight is 280 g/mol. The molecule has 2 heterocycles. The number of hydrogen-bond donors (Lipinski definition) is 1. The lowest BCUT2D eigenvalue weighted by molar-refractivity contribution is -0.145. The highest BCUT2D eigenvalue weighted by molar-refractivity contribution is 6.30. The second-order valence-electron chi connectivity index (χ2n) is 5.40. The second kappa shape index (κ2) is 3.97. The van der Waals surface area contributed by atoms with Gasteiger partial charge in [0.25, 0.3) is 0 Å². The number of hydrogen-bond acceptors (Lipinski definition) is 3. The molecule has 0 radical (unpaired) electrons. The number of amides is 1. The van der Waals surface area contributed by atoms with Crippen molar-refractivity contribution in [3.05, 3.63) is 28.8 Å². The van der Waals surface area contributed by atoms with E-state index in [-0.39, 0.29) is 17.6 Å². The molecule has 2 aliphatic rings. The van der Waals surface area contributed by atoms with Gasteiger partial charge < -0.3 is 10.1 Å². The van der Waals surface area contributed by atoms with Crippen molar-refractivity contribution in [1.82, 2.24) is 5.32 Å². The summed E-state index contributed by atoms with van der Waals surface area (Å²) in [4.78, 5) is 23.9. The Morgan fingerprint density at radius 2 is 2.26 bits per heavy atom. The first-order valence-corrected chi connectivity index (χ1v) is 6.58. The van der Waals surface area contributed by atoms with Crippen molar-refractivity contribution in [3.8, 4) is 5.75 Å². The number of halogens is 1. The standard InChI is InChI=1S/C14H14ClNO3/c1-7(17)12-10-6-14(2,16-13(12)18)19-11-4-3-8(15)5-9(10)11/h3-5,10,12H,6H2,1-2H3,(H,16,18)/t10-,12?,14-/m0/s1. The number of Topliss-reactive ketones (excluding diaryl/α,β-unsaturated/α-hetero) is 1. The van der Waals surface area contributed by atoms with Crippen LogP contribution in [0.15, 0.2) is 18.2 Å². The Balaban J connectivity index is 2.15. The lowest BCUT2D eigenvalue weighted by Crippen LogP contribution is -2.61. The largest absolute Gasteiger partial charge is 0.468 e. The highest BCUT2D eigenvalue weighted by atomic mass is 35.5. The van der Waals surface area contributed by atoms with Crippen LogP contribution in [-0.2, 0) is 9.59 Å². The molecule has 3 atom stereocenters. The van der Waals surface area contributed by atoms with E-state index in [1.807, 2.05) is 6.92 Å².